The van der Waals surface area contributed by atoms with E-state index >= 15 is 0 Å². The van der Waals surface area contributed by atoms with Crippen molar-refractivity contribution in [2.45, 2.75) is 52.1 Å². The highest BCUT2D eigenvalue weighted by molar-refractivity contribution is 5.97. The standard InChI is InChI=1S/C18H28FN3O2/c1-5-18(20,6-2)11-21-17(24)15(12(3)4)22-16(23)13-9-7-8-10-14(13)19/h7-10,12,15H,5-6,11,20H2,1-4H3,(H,21,24)(H,22,23). The minimum absolute atomic E-state index is 0.0776. The Bertz CT molecular complexity index is 571. The van der Waals surface area contributed by atoms with Gasteiger partial charge in [0.05, 0.1) is 5.56 Å². The number of hydrogen-bond acceptors (Lipinski definition) is 3. The Morgan fingerprint density at radius 2 is 1.79 bits per heavy atom. The van der Waals surface area contributed by atoms with Crippen molar-refractivity contribution in [1.29, 1.82) is 0 Å². The van der Waals surface area contributed by atoms with Gasteiger partial charge in [-0.2, -0.15) is 0 Å². The van der Waals surface area contributed by atoms with Crippen molar-refractivity contribution in [2.24, 2.45) is 11.7 Å². The van der Waals surface area contributed by atoms with Crippen LogP contribution in [0.15, 0.2) is 24.3 Å². The number of nitrogens with two attached hydrogens (primary N) is 1. The third kappa shape index (κ3) is 5.30. The Kier molecular flexibility index (Phi) is 7.35. The molecule has 0 aliphatic heterocycles. The van der Waals surface area contributed by atoms with Gasteiger partial charge in [0.15, 0.2) is 0 Å². The lowest BCUT2D eigenvalue weighted by Gasteiger charge is -2.29. The summed E-state index contributed by atoms with van der Waals surface area (Å²) in [7, 11) is 0. The normalized spacial score (nSPS) is 12.8. The molecule has 1 aromatic rings. The molecule has 4 N–H and O–H groups in total. The number of amides is 2. The van der Waals surface area contributed by atoms with Gasteiger partial charge in [-0.05, 0) is 30.9 Å². The molecule has 0 aliphatic rings. The van der Waals surface area contributed by atoms with Gasteiger partial charge in [-0.15, -0.1) is 0 Å². The second-order valence-corrected chi connectivity index (χ2v) is 6.46. The van der Waals surface area contributed by atoms with Crippen molar-refractivity contribution in [3.05, 3.63) is 35.6 Å². The van der Waals surface area contributed by atoms with Crippen LogP contribution in [0.2, 0.25) is 0 Å². The highest BCUT2D eigenvalue weighted by Crippen LogP contribution is 2.11. The van der Waals surface area contributed by atoms with E-state index in [1.54, 1.807) is 6.07 Å². The Morgan fingerprint density at radius 3 is 2.29 bits per heavy atom. The number of carbonyl (C=O) groups excluding carboxylic acids is 2. The molecule has 0 aliphatic carbocycles. The first-order valence-corrected chi connectivity index (χ1v) is 8.36. The quantitative estimate of drug-likeness (QED) is 0.680. The van der Waals surface area contributed by atoms with Crippen molar-refractivity contribution in [2.75, 3.05) is 6.54 Å². The third-order valence-electron chi connectivity index (χ3n) is 4.38. The molecular weight excluding hydrogens is 309 g/mol. The van der Waals surface area contributed by atoms with Crippen molar-refractivity contribution < 1.29 is 14.0 Å². The van der Waals surface area contributed by atoms with Crippen LogP contribution in [0.1, 0.15) is 50.9 Å². The van der Waals surface area contributed by atoms with E-state index in [-0.39, 0.29) is 17.4 Å². The van der Waals surface area contributed by atoms with Crippen LogP contribution >= 0.6 is 0 Å². The van der Waals surface area contributed by atoms with Gasteiger partial charge in [0, 0.05) is 12.1 Å². The predicted octanol–water partition coefficient (Wildman–Crippen LogP) is 2.21. The number of rotatable bonds is 8. The van der Waals surface area contributed by atoms with Gasteiger partial charge in [0.2, 0.25) is 5.91 Å². The molecule has 0 heterocycles. The fraction of sp³-hybridized carbons (Fsp3) is 0.556. The molecule has 0 saturated carbocycles. The van der Waals surface area contributed by atoms with E-state index in [0.717, 1.165) is 12.8 Å². The summed E-state index contributed by atoms with van der Waals surface area (Å²) in [5.74, 6) is -1.68. The third-order valence-corrected chi connectivity index (χ3v) is 4.38. The van der Waals surface area contributed by atoms with Gasteiger partial charge < -0.3 is 16.4 Å². The average Bonchev–Trinajstić information content (AvgIpc) is 2.57. The Balaban J connectivity index is 2.78. The van der Waals surface area contributed by atoms with Crippen LogP contribution in [-0.4, -0.2) is 29.9 Å². The van der Waals surface area contributed by atoms with Gasteiger partial charge in [-0.25, -0.2) is 4.39 Å². The van der Waals surface area contributed by atoms with E-state index in [2.05, 4.69) is 10.6 Å². The zero-order valence-corrected chi connectivity index (χ0v) is 14.9. The molecule has 0 radical (unpaired) electrons. The predicted molar refractivity (Wildman–Crippen MR) is 93.0 cm³/mol. The lowest BCUT2D eigenvalue weighted by atomic mass is 9.94. The van der Waals surface area contributed by atoms with Gasteiger partial charge >= 0.3 is 0 Å². The fourth-order valence-corrected chi connectivity index (χ4v) is 2.27. The second-order valence-electron chi connectivity index (χ2n) is 6.46. The number of hydrogen-bond donors (Lipinski definition) is 3. The summed E-state index contributed by atoms with van der Waals surface area (Å²) in [6.45, 7) is 7.91. The first-order chi connectivity index (χ1) is 11.2. The largest absolute Gasteiger partial charge is 0.352 e. The monoisotopic (exact) mass is 337 g/mol. The SMILES string of the molecule is CCC(N)(CC)CNC(=O)C(NC(=O)c1ccccc1F)C(C)C. The molecule has 1 aromatic carbocycles. The van der Waals surface area contributed by atoms with Gasteiger partial charge in [0.25, 0.3) is 5.91 Å². The summed E-state index contributed by atoms with van der Waals surface area (Å²) < 4.78 is 13.7. The minimum atomic E-state index is -0.755. The second kappa shape index (κ2) is 8.78. The highest BCUT2D eigenvalue weighted by Gasteiger charge is 2.28. The molecule has 1 unspecified atom stereocenters. The first kappa shape index (κ1) is 20.1. The molecule has 0 bridgehead atoms. The Labute approximate surface area is 143 Å². The number of carbonyl (C=O) groups is 2. The van der Waals surface area contributed by atoms with Crippen LogP contribution in [0.25, 0.3) is 0 Å². The van der Waals surface area contributed by atoms with Gasteiger partial charge in [-0.3, -0.25) is 9.59 Å². The van der Waals surface area contributed by atoms with E-state index in [0.29, 0.717) is 6.54 Å². The van der Waals surface area contributed by atoms with Crippen molar-refractivity contribution >= 4 is 11.8 Å². The van der Waals surface area contributed by atoms with E-state index in [9.17, 15) is 14.0 Å². The van der Waals surface area contributed by atoms with Crippen molar-refractivity contribution in [1.82, 2.24) is 10.6 Å². The van der Waals surface area contributed by atoms with Crippen LogP contribution in [0.5, 0.6) is 0 Å². The zero-order valence-electron chi connectivity index (χ0n) is 14.9. The molecule has 6 heteroatoms. The topological polar surface area (TPSA) is 84.2 Å². The van der Waals surface area contributed by atoms with E-state index in [4.69, 9.17) is 5.73 Å². The maximum absolute atomic E-state index is 13.7. The highest BCUT2D eigenvalue weighted by atomic mass is 19.1. The summed E-state index contributed by atoms with van der Waals surface area (Å²) in [6.07, 6.45) is 1.47. The fourth-order valence-electron chi connectivity index (χ4n) is 2.27. The number of nitrogens with one attached hydrogen (secondary N) is 2. The molecule has 2 amide bonds. The summed E-state index contributed by atoms with van der Waals surface area (Å²) >= 11 is 0. The average molecular weight is 337 g/mol. The van der Waals surface area contributed by atoms with E-state index in [1.807, 2.05) is 27.7 Å². The summed E-state index contributed by atoms with van der Waals surface area (Å²) in [5, 5.41) is 5.42. The van der Waals surface area contributed by atoms with Crippen LogP contribution < -0.4 is 16.4 Å². The zero-order chi connectivity index (χ0) is 18.3. The molecule has 5 nitrogen and oxygen atoms in total. The maximum Gasteiger partial charge on any atom is 0.254 e. The number of halogens is 1. The van der Waals surface area contributed by atoms with Gasteiger partial charge in [0.1, 0.15) is 11.9 Å². The van der Waals surface area contributed by atoms with E-state index < -0.39 is 23.3 Å². The lowest BCUT2D eigenvalue weighted by Crippen LogP contribution is -2.55. The lowest BCUT2D eigenvalue weighted by molar-refractivity contribution is -0.124. The minimum Gasteiger partial charge on any atom is -0.352 e. The summed E-state index contributed by atoms with van der Waals surface area (Å²) in [4.78, 5) is 24.7. The summed E-state index contributed by atoms with van der Waals surface area (Å²) in [5.41, 5.74) is 5.64. The van der Waals surface area contributed by atoms with Crippen molar-refractivity contribution in [3.8, 4) is 0 Å². The molecule has 1 rings (SSSR count). The Morgan fingerprint density at radius 1 is 1.21 bits per heavy atom. The van der Waals surface area contributed by atoms with Crippen LogP contribution in [-0.2, 0) is 4.79 Å². The maximum atomic E-state index is 13.7. The molecule has 0 fully saturated rings. The van der Waals surface area contributed by atoms with Gasteiger partial charge in [-0.1, -0.05) is 39.8 Å². The first-order valence-electron chi connectivity index (χ1n) is 8.36. The van der Waals surface area contributed by atoms with Crippen molar-refractivity contribution in [3.63, 3.8) is 0 Å². The summed E-state index contributed by atoms with van der Waals surface area (Å²) in [6, 6.07) is 4.93. The molecule has 1 atom stereocenters. The van der Waals surface area contributed by atoms with Crippen LogP contribution in [0.3, 0.4) is 0 Å². The molecule has 24 heavy (non-hydrogen) atoms. The molecule has 0 saturated heterocycles. The smallest absolute Gasteiger partial charge is 0.254 e. The van der Waals surface area contributed by atoms with E-state index in [1.165, 1.54) is 18.2 Å². The van der Waals surface area contributed by atoms with Crippen LogP contribution in [0.4, 0.5) is 4.39 Å². The molecular formula is C18H28FN3O2. The molecule has 134 valence electrons. The Hall–Kier alpha value is -1.95. The van der Waals surface area contributed by atoms with Crippen LogP contribution in [0, 0.1) is 11.7 Å². The number of benzene rings is 1. The molecule has 0 spiro atoms. The molecule has 0 aromatic heterocycles.